The van der Waals surface area contributed by atoms with Crippen molar-refractivity contribution in [3.8, 4) is 0 Å². The van der Waals surface area contributed by atoms with Gasteiger partial charge in [0.25, 0.3) is 0 Å². The number of amides is 2. The molecule has 0 heterocycles. The van der Waals surface area contributed by atoms with Gasteiger partial charge in [0.2, 0.25) is 0 Å². The van der Waals surface area contributed by atoms with Crippen molar-refractivity contribution >= 4 is 12.0 Å². The van der Waals surface area contributed by atoms with Gasteiger partial charge in [-0.25, -0.2) is 4.79 Å². The molecule has 0 radical (unpaired) electrons. The maximum Gasteiger partial charge on any atom is 0.317 e. The first kappa shape index (κ1) is 17.3. The van der Waals surface area contributed by atoms with Crippen molar-refractivity contribution in [2.24, 2.45) is 0 Å². The van der Waals surface area contributed by atoms with Crippen LogP contribution in [0.25, 0.3) is 0 Å². The molecule has 3 N–H and O–H groups in total. The van der Waals surface area contributed by atoms with Crippen molar-refractivity contribution in [2.45, 2.75) is 50.3 Å². The summed E-state index contributed by atoms with van der Waals surface area (Å²) in [7, 11) is 1.71. The van der Waals surface area contributed by atoms with Gasteiger partial charge in [-0.3, -0.25) is 4.79 Å². The minimum Gasteiger partial charge on any atom is -0.481 e. The maximum atomic E-state index is 12.3. The Morgan fingerprint density at radius 1 is 1.30 bits per heavy atom. The summed E-state index contributed by atoms with van der Waals surface area (Å²) in [6, 6.07) is 9.31. The van der Waals surface area contributed by atoms with E-state index in [0.717, 1.165) is 5.56 Å². The van der Waals surface area contributed by atoms with Crippen LogP contribution in [0.5, 0.6) is 0 Å². The number of nitrogens with zero attached hydrogens (tertiary/aromatic N) is 1. The smallest absolute Gasteiger partial charge is 0.317 e. The number of rotatable bonds is 7. The van der Waals surface area contributed by atoms with E-state index in [-0.39, 0.29) is 30.6 Å². The highest BCUT2D eigenvalue weighted by molar-refractivity contribution is 5.75. The normalized spacial score (nSPS) is 21.1. The van der Waals surface area contributed by atoms with E-state index >= 15 is 0 Å². The molecule has 0 aliphatic heterocycles. The molecule has 1 aromatic rings. The zero-order valence-electron chi connectivity index (χ0n) is 13.3. The Bertz CT molecular complexity index is 529. The zero-order chi connectivity index (χ0) is 16.8. The SMILES string of the molecule is CN(C(=O)NC(CCC(=O)O)Cc1ccccc1)C1CC(O)C1. The highest BCUT2D eigenvalue weighted by atomic mass is 16.4. The second-order valence-electron chi connectivity index (χ2n) is 6.16. The Morgan fingerprint density at radius 3 is 2.52 bits per heavy atom. The van der Waals surface area contributed by atoms with Crippen molar-refractivity contribution in [2.75, 3.05) is 7.05 Å². The number of nitrogens with one attached hydrogen (secondary N) is 1. The summed E-state index contributed by atoms with van der Waals surface area (Å²) in [4.78, 5) is 24.7. The molecule has 1 aromatic carbocycles. The van der Waals surface area contributed by atoms with Crippen molar-refractivity contribution in [3.63, 3.8) is 0 Å². The Morgan fingerprint density at radius 2 is 1.96 bits per heavy atom. The fraction of sp³-hybridized carbons (Fsp3) is 0.529. The average Bonchev–Trinajstić information content (AvgIpc) is 2.49. The molecule has 1 unspecified atom stereocenters. The summed E-state index contributed by atoms with van der Waals surface area (Å²) >= 11 is 0. The third-order valence-electron chi connectivity index (χ3n) is 4.32. The van der Waals surface area contributed by atoms with E-state index in [1.807, 2.05) is 30.3 Å². The molecule has 2 rings (SSSR count). The number of hydrogen-bond donors (Lipinski definition) is 3. The van der Waals surface area contributed by atoms with Crippen LogP contribution in [0.4, 0.5) is 4.79 Å². The van der Waals surface area contributed by atoms with E-state index in [2.05, 4.69) is 5.32 Å². The van der Waals surface area contributed by atoms with Gasteiger partial charge in [-0.1, -0.05) is 30.3 Å². The first-order valence-electron chi connectivity index (χ1n) is 7.93. The summed E-state index contributed by atoms with van der Waals surface area (Å²) in [6.07, 6.45) is 1.88. The lowest BCUT2D eigenvalue weighted by atomic mass is 9.88. The number of aliphatic carboxylic acids is 1. The van der Waals surface area contributed by atoms with Crippen LogP contribution in [0.1, 0.15) is 31.2 Å². The highest BCUT2D eigenvalue weighted by Crippen LogP contribution is 2.24. The molecular weight excluding hydrogens is 296 g/mol. The lowest BCUT2D eigenvalue weighted by molar-refractivity contribution is -0.137. The first-order valence-corrected chi connectivity index (χ1v) is 7.93. The lowest BCUT2D eigenvalue weighted by Crippen LogP contribution is -2.53. The number of urea groups is 1. The zero-order valence-corrected chi connectivity index (χ0v) is 13.3. The molecule has 1 aliphatic rings. The molecule has 1 saturated carbocycles. The van der Waals surface area contributed by atoms with Gasteiger partial charge < -0.3 is 20.4 Å². The molecule has 1 fully saturated rings. The van der Waals surface area contributed by atoms with Gasteiger partial charge in [-0.15, -0.1) is 0 Å². The van der Waals surface area contributed by atoms with Crippen molar-refractivity contribution in [1.82, 2.24) is 10.2 Å². The predicted molar refractivity (Wildman–Crippen MR) is 86.1 cm³/mol. The minimum atomic E-state index is -0.868. The molecule has 126 valence electrons. The number of carboxylic acids is 1. The minimum absolute atomic E-state index is 0.0175. The number of carbonyl (C=O) groups is 2. The first-order chi connectivity index (χ1) is 11.0. The van der Waals surface area contributed by atoms with E-state index in [1.54, 1.807) is 11.9 Å². The number of aliphatic hydroxyl groups is 1. The van der Waals surface area contributed by atoms with Crippen molar-refractivity contribution in [1.29, 1.82) is 0 Å². The monoisotopic (exact) mass is 320 g/mol. The Kier molecular flexibility index (Phi) is 5.98. The van der Waals surface area contributed by atoms with Gasteiger partial charge >= 0.3 is 12.0 Å². The van der Waals surface area contributed by atoms with Crippen LogP contribution in [0, 0.1) is 0 Å². The van der Waals surface area contributed by atoms with Gasteiger partial charge in [-0.05, 0) is 31.2 Å². The van der Waals surface area contributed by atoms with E-state index in [1.165, 1.54) is 0 Å². The molecule has 6 nitrogen and oxygen atoms in total. The lowest BCUT2D eigenvalue weighted by Gasteiger charge is -2.39. The molecule has 0 aromatic heterocycles. The number of carboxylic acid groups (broad SMARTS) is 1. The summed E-state index contributed by atoms with van der Waals surface area (Å²) in [5, 5.41) is 21.2. The van der Waals surface area contributed by atoms with Crippen LogP contribution in [-0.4, -0.2) is 52.3 Å². The quantitative estimate of drug-likeness (QED) is 0.712. The summed E-state index contributed by atoms with van der Waals surface area (Å²) in [6.45, 7) is 0. The van der Waals surface area contributed by atoms with Crippen LogP contribution in [0.15, 0.2) is 30.3 Å². The van der Waals surface area contributed by atoms with Gasteiger partial charge in [-0.2, -0.15) is 0 Å². The highest BCUT2D eigenvalue weighted by Gasteiger charge is 2.33. The molecule has 0 saturated heterocycles. The molecule has 23 heavy (non-hydrogen) atoms. The van der Waals surface area contributed by atoms with Crippen LogP contribution in [-0.2, 0) is 11.2 Å². The van der Waals surface area contributed by atoms with Crippen LogP contribution >= 0.6 is 0 Å². The molecule has 0 spiro atoms. The van der Waals surface area contributed by atoms with Crippen molar-refractivity contribution < 1.29 is 19.8 Å². The Hall–Kier alpha value is -2.08. The van der Waals surface area contributed by atoms with Crippen LogP contribution < -0.4 is 5.32 Å². The Labute approximate surface area is 136 Å². The van der Waals surface area contributed by atoms with Gasteiger partial charge in [0.05, 0.1) is 6.10 Å². The van der Waals surface area contributed by atoms with Crippen LogP contribution in [0.3, 0.4) is 0 Å². The summed E-state index contributed by atoms with van der Waals surface area (Å²) in [5.74, 6) is -0.868. The van der Waals surface area contributed by atoms with E-state index in [4.69, 9.17) is 5.11 Å². The molecule has 2 amide bonds. The molecule has 1 aliphatic carbocycles. The molecule has 0 bridgehead atoms. The van der Waals surface area contributed by atoms with Gasteiger partial charge in [0, 0.05) is 25.6 Å². The number of carbonyl (C=O) groups excluding carboxylic acids is 1. The second kappa shape index (κ2) is 7.97. The second-order valence-corrected chi connectivity index (χ2v) is 6.16. The van der Waals surface area contributed by atoms with E-state index in [0.29, 0.717) is 25.7 Å². The number of hydrogen-bond acceptors (Lipinski definition) is 3. The average molecular weight is 320 g/mol. The maximum absolute atomic E-state index is 12.3. The predicted octanol–water partition coefficient (Wildman–Crippen LogP) is 1.63. The van der Waals surface area contributed by atoms with E-state index in [9.17, 15) is 14.7 Å². The van der Waals surface area contributed by atoms with Crippen LogP contribution in [0.2, 0.25) is 0 Å². The topological polar surface area (TPSA) is 89.9 Å². The fourth-order valence-corrected chi connectivity index (χ4v) is 2.74. The van der Waals surface area contributed by atoms with Gasteiger partial charge in [0.15, 0.2) is 0 Å². The molecule has 6 heteroatoms. The standard InChI is InChI=1S/C17H24N2O4/c1-19(14-10-15(20)11-14)17(23)18-13(7-8-16(21)22)9-12-5-3-2-4-6-12/h2-6,13-15,20H,7-11H2,1H3,(H,18,23)(H,21,22). The third kappa shape index (κ3) is 5.25. The fourth-order valence-electron chi connectivity index (χ4n) is 2.74. The molecular formula is C17H24N2O4. The van der Waals surface area contributed by atoms with Gasteiger partial charge in [0.1, 0.15) is 0 Å². The summed E-state index contributed by atoms with van der Waals surface area (Å²) in [5.41, 5.74) is 1.06. The van der Waals surface area contributed by atoms with Crippen molar-refractivity contribution in [3.05, 3.63) is 35.9 Å². The number of benzene rings is 1. The third-order valence-corrected chi connectivity index (χ3v) is 4.32. The molecule has 1 atom stereocenters. The number of aliphatic hydroxyl groups excluding tert-OH is 1. The van der Waals surface area contributed by atoms with E-state index < -0.39 is 5.97 Å². The summed E-state index contributed by atoms with van der Waals surface area (Å²) < 4.78 is 0. The Balaban J connectivity index is 1.92. The largest absolute Gasteiger partial charge is 0.481 e.